The number of esters is 1. The van der Waals surface area contributed by atoms with Crippen molar-refractivity contribution in [1.82, 2.24) is 9.97 Å². The largest absolute Gasteiger partial charge is 0.507 e. The van der Waals surface area contributed by atoms with E-state index < -0.39 is 12.0 Å². The van der Waals surface area contributed by atoms with Crippen molar-refractivity contribution < 1.29 is 14.6 Å². The first-order valence-corrected chi connectivity index (χ1v) is 7.77. The Balaban J connectivity index is 1.90. The van der Waals surface area contributed by atoms with Crippen LogP contribution < -0.4 is 5.73 Å². The van der Waals surface area contributed by atoms with Crippen LogP contribution in [0.15, 0.2) is 42.5 Å². The van der Waals surface area contributed by atoms with Crippen LogP contribution in [-0.4, -0.2) is 33.7 Å². The SMILES string of the molecule is CCOC(=O)[C@@H](N)Cc1ccc(O)c(-c2nc3ccccc3[nH]2)c1. The first-order chi connectivity index (χ1) is 11.6. The molecule has 0 radical (unpaired) electrons. The van der Waals surface area contributed by atoms with Gasteiger partial charge in [0.25, 0.3) is 0 Å². The van der Waals surface area contributed by atoms with E-state index in [-0.39, 0.29) is 5.75 Å². The minimum Gasteiger partial charge on any atom is -0.507 e. The van der Waals surface area contributed by atoms with E-state index in [0.29, 0.717) is 24.4 Å². The smallest absolute Gasteiger partial charge is 0.323 e. The highest BCUT2D eigenvalue weighted by molar-refractivity contribution is 5.81. The molecule has 24 heavy (non-hydrogen) atoms. The third-order valence-corrected chi connectivity index (χ3v) is 3.75. The number of hydrogen-bond acceptors (Lipinski definition) is 5. The van der Waals surface area contributed by atoms with Crippen LogP contribution in [0.4, 0.5) is 0 Å². The quantitative estimate of drug-likeness (QED) is 0.625. The van der Waals surface area contributed by atoms with Crippen molar-refractivity contribution in [3.05, 3.63) is 48.0 Å². The molecule has 3 rings (SSSR count). The number of benzene rings is 2. The molecular weight excluding hydrogens is 306 g/mol. The standard InChI is InChI=1S/C18H19N3O3/c1-2-24-18(23)13(19)10-11-7-8-16(22)12(9-11)17-20-14-5-3-4-6-15(14)21-17/h3-9,13,22H,2,10,19H2,1H3,(H,20,21)/t13-/m0/s1. The minimum atomic E-state index is -0.738. The number of carbonyl (C=O) groups excluding carboxylic acids is 1. The fourth-order valence-corrected chi connectivity index (χ4v) is 2.57. The predicted octanol–water partition coefficient (Wildman–Crippen LogP) is 2.37. The van der Waals surface area contributed by atoms with Gasteiger partial charge in [-0.05, 0) is 43.2 Å². The van der Waals surface area contributed by atoms with Crippen LogP contribution in [0.1, 0.15) is 12.5 Å². The molecule has 0 aliphatic carbocycles. The molecule has 6 nitrogen and oxygen atoms in total. The summed E-state index contributed by atoms with van der Waals surface area (Å²) >= 11 is 0. The molecule has 3 aromatic rings. The zero-order chi connectivity index (χ0) is 17.1. The van der Waals surface area contributed by atoms with Gasteiger partial charge in [-0.25, -0.2) is 4.98 Å². The zero-order valence-corrected chi connectivity index (χ0v) is 13.3. The maximum Gasteiger partial charge on any atom is 0.323 e. The Morgan fingerprint density at radius 1 is 1.33 bits per heavy atom. The maximum atomic E-state index is 11.7. The van der Waals surface area contributed by atoms with Crippen molar-refractivity contribution in [2.75, 3.05) is 6.61 Å². The molecule has 0 unspecified atom stereocenters. The lowest BCUT2D eigenvalue weighted by Crippen LogP contribution is -2.34. The number of aromatic amines is 1. The van der Waals surface area contributed by atoms with E-state index >= 15 is 0 Å². The molecular formula is C18H19N3O3. The van der Waals surface area contributed by atoms with Crippen LogP contribution >= 0.6 is 0 Å². The van der Waals surface area contributed by atoms with E-state index in [4.69, 9.17) is 10.5 Å². The normalized spacial score (nSPS) is 12.2. The summed E-state index contributed by atoms with van der Waals surface area (Å²) in [6.45, 7) is 2.04. The second-order valence-corrected chi connectivity index (χ2v) is 5.52. The number of ether oxygens (including phenoxy) is 1. The van der Waals surface area contributed by atoms with Gasteiger partial charge in [-0.1, -0.05) is 18.2 Å². The number of aromatic hydroxyl groups is 1. The first-order valence-electron chi connectivity index (χ1n) is 7.77. The monoisotopic (exact) mass is 325 g/mol. The third kappa shape index (κ3) is 3.23. The Morgan fingerprint density at radius 2 is 2.12 bits per heavy atom. The number of nitrogens with two attached hydrogens (primary N) is 1. The number of para-hydroxylation sites is 2. The highest BCUT2D eigenvalue weighted by atomic mass is 16.5. The summed E-state index contributed by atoms with van der Waals surface area (Å²) < 4.78 is 4.92. The molecule has 2 aromatic carbocycles. The van der Waals surface area contributed by atoms with Crippen LogP contribution in [0.5, 0.6) is 5.75 Å². The van der Waals surface area contributed by atoms with Gasteiger partial charge in [0.05, 0.1) is 23.2 Å². The number of phenolic OH excluding ortho intramolecular Hbond substituents is 1. The van der Waals surface area contributed by atoms with E-state index in [1.165, 1.54) is 0 Å². The van der Waals surface area contributed by atoms with Crippen molar-refractivity contribution in [1.29, 1.82) is 0 Å². The maximum absolute atomic E-state index is 11.7. The number of nitrogens with one attached hydrogen (secondary N) is 1. The average Bonchev–Trinajstić information content (AvgIpc) is 3.00. The van der Waals surface area contributed by atoms with Crippen molar-refractivity contribution in [2.45, 2.75) is 19.4 Å². The lowest BCUT2D eigenvalue weighted by molar-refractivity contribution is -0.144. The molecule has 0 spiro atoms. The van der Waals surface area contributed by atoms with E-state index in [9.17, 15) is 9.90 Å². The molecule has 0 saturated carbocycles. The Hall–Kier alpha value is -2.86. The number of rotatable bonds is 5. The van der Waals surface area contributed by atoms with E-state index in [1.807, 2.05) is 24.3 Å². The van der Waals surface area contributed by atoms with Crippen molar-refractivity contribution in [3.63, 3.8) is 0 Å². The second kappa shape index (κ2) is 6.72. The minimum absolute atomic E-state index is 0.113. The number of nitrogens with zero attached hydrogens (tertiary/aromatic N) is 1. The van der Waals surface area contributed by atoms with Gasteiger partial charge in [-0.3, -0.25) is 4.79 Å². The van der Waals surface area contributed by atoms with Crippen LogP contribution in [0.2, 0.25) is 0 Å². The number of carbonyl (C=O) groups is 1. The molecule has 0 aliphatic heterocycles. The third-order valence-electron chi connectivity index (χ3n) is 3.75. The number of hydrogen-bond donors (Lipinski definition) is 3. The highest BCUT2D eigenvalue weighted by Crippen LogP contribution is 2.29. The molecule has 0 amide bonds. The molecule has 4 N–H and O–H groups in total. The van der Waals surface area contributed by atoms with Gasteiger partial charge in [-0.15, -0.1) is 0 Å². The molecule has 0 fully saturated rings. The predicted molar refractivity (Wildman–Crippen MR) is 91.5 cm³/mol. The van der Waals surface area contributed by atoms with Crippen molar-refractivity contribution >= 4 is 17.0 Å². The number of phenols is 1. The summed E-state index contributed by atoms with van der Waals surface area (Å²) in [4.78, 5) is 19.3. The Morgan fingerprint density at radius 3 is 2.88 bits per heavy atom. The van der Waals surface area contributed by atoms with Gasteiger partial charge in [0, 0.05) is 0 Å². The van der Waals surface area contributed by atoms with E-state index in [0.717, 1.165) is 16.6 Å². The van der Waals surface area contributed by atoms with Gasteiger partial charge in [0.1, 0.15) is 17.6 Å². The Bertz CT molecular complexity index is 840. The number of H-pyrrole nitrogens is 1. The average molecular weight is 325 g/mol. The molecule has 0 saturated heterocycles. The lowest BCUT2D eigenvalue weighted by Gasteiger charge is -2.11. The molecule has 124 valence electrons. The van der Waals surface area contributed by atoms with Gasteiger partial charge in [0.2, 0.25) is 0 Å². The fourth-order valence-electron chi connectivity index (χ4n) is 2.57. The lowest BCUT2D eigenvalue weighted by atomic mass is 10.0. The second-order valence-electron chi connectivity index (χ2n) is 5.52. The summed E-state index contributed by atoms with van der Waals surface area (Å²) in [5, 5.41) is 10.2. The summed E-state index contributed by atoms with van der Waals surface area (Å²) in [5.41, 5.74) is 8.96. The number of fused-ring (bicyclic) bond motifs is 1. The van der Waals surface area contributed by atoms with E-state index in [2.05, 4.69) is 9.97 Å². The summed E-state index contributed by atoms with van der Waals surface area (Å²) in [7, 11) is 0. The van der Waals surface area contributed by atoms with Gasteiger partial charge >= 0.3 is 5.97 Å². The summed E-state index contributed by atoms with van der Waals surface area (Å²) in [5.74, 6) is 0.249. The Kier molecular flexibility index (Phi) is 4.48. The first kappa shape index (κ1) is 16.0. The topological polar surface area (TPSA) is 101 Å². The highest BCUT2D eigenvalue weighted by Gasteiger charge is 2.17. The Labute approximate surface area is 139 Å². The van der Waals surface area contributed by atoms with Crippen LogP contribution in [0, 0.1) is 0 Å². The molecule has 1 heterocycles. The van der Waals surface area contributed by atoms with Crippen LogP contribution in [-0.2, 0) is 16.0 Å². The van der Waals surface area contributed by atoms with Gasteiger partial charge in [0.15, 0.2) is 0 Å². The number of aromatic nitrogens is 2. The molecule has 1 atom stereocenters. The molecule has 0 bridgehead atoms. The summed E-state index contributed by atoms with van der Waals surface area (Å²) in [6.07, 6.45) is 0.326. The van der Waals surface area contributed by atoms with Crippen molar-refractivity contribution in [3.8, 4) is 17.1 Å². The number of imidazole rings is 1. The molecule has 6 heteroatoms. The fraction of sp³-hybridized carbons (Fsp3) is 0.222. The van der Waals surface area contributed by atoms with Crippen molar-refractivity contribution in [2.24, 2.45) is 5.73 Å². The van der Waals surface area contributed by atoms with Crippen LogP contribution in [0.3, 0.4) is 0 Å². The zero-order valence-electron chi connectivity index (χ0n) is 13.3. The van der Waals surface area contributed by atoms with Gasteiger partial charge < -0.3 is 20.6 Å². The molecule has 0 aliphatic rings. The van der Waals surface area contributed by atoms with Gasteiger partial charge in [-0.2, -0.15) is 0 Å². The van der Waals surface area contributed by atoms with E-state index in [1.54, 1.807) is 25.1 Å². The van der Waals surface area contributed by atoms with Crippen LogP contribution in [0.25, 0.3) is 22.4 Å². The molecule has 1 aromatic heterocycles. The summed E-state index contributed by atoms with van der Waals surface area (Å²) in [6, 6.07) is 12.0.